The Morgan fingerprint density at radius 2 is 1.83 bits per heavy atom. The highest BCUT2D eigenvalue weighted by atomic mass is 16.6. The lowest BCUT2D eigenvalue weighted by molar-refractivity contribution is 0.0527. The Kier molecular flexibility index (Phi) is 9.03. The number of amides is 1. The first-order valence-corrected chi connectivity index (χ1v) is 6.50. The van der Waals surface area contributed by atoms with Gasteiger partial charge in [0, 0.05) is 19.5 Å². The molecule has 0 bridgehead atoms. The average molecular weight is 255 g/mol. The van der Waals surface area contributed by atoms with Gasteiger partial charge in [0.15, 0.2) is 0 Å². The van der Waals surface area contributed by atoms with Crippen molar-refractivity contribution in [1.82, 2.24) is 10.6 Å². The first kappa shape index (κ1) is 16.7. The van der Waals surface area contributed by atoms with Gasteiger partial charge in [-0.15, -0.1) is 0 Å². The number of carbonyl (C=O) groups excluding carboxylic acids is 1. The second-order valence-electron chi connectivity index (χ2n) is 5.15. The molecule has 0 aromatic carbocycles. The van der Waals surface area contributed by atoms with E-state index in [4.69, 9.17) is 10.00 Å². The van der Waals surface area contributed by atoms with Crippen molar-refractivity contribution in [2.75, 3.05) is 19.6 Å². The van der Waals surface area contributed by atoms with Gasteiger partial charge in [-0.05, 0) is 40.2 Å². The molecule has 2 N–H and O–H groups in total. The molecule has 0 unspecified atom stereocenters. The molecular weight excluding hydrogens is 230 g/mol. The van der Waals surface area contributed by atoms with Gasteiger partial charge in [0.25, 0.3) is 0 Å². The fourth-order valence-electron chi connectivity index (χ4n) is 1.33. The van der Waals surface area contributed by atoms with E-state index < -0.39 is 5.60 Å². The largest absolute Gasteiger partial charge is 0.444 e. The Morgan fingerprint density at radius 1 is 1.17 bits per heavy atom. The van der Waals surface area contributed by atoms with E-state index in [1.807, 2.05) is 20.8 Å². The van der Waals surface area contributed by atoms with Gasteiger partial charge in [-0.25, -0.2) is 4.79 Å². The molecule has 0 aliphatic rings. The Hall–Kier alpha value is -1.28. The molecule has 0 aromatic heterocycles. The number of unbranched alkanes of at least 4 members (excludes halogenated alkanes) is 2. The van der Waals surface area contributed by atoms with Crippen LogP contribution in [-0.4, -0.2) is 31.3 Å². The number of carbonyl (C=O) groups is 1. The Balaban J connectivity index is 3.26. The Bertz CT molecular complexity index is 266. The van der Waals surface area contributed by atoms with E-state index in [0.29, 0.717) is 13.0 Å². The van der Waals surface area contributed by atoms with E-state index in [2.05, 4.69) is 16.7 Å². The number of hydrogen-bond donors (Lipinski definition) is 2. The molecule has 0 aromatic rings. The molecule has 1 amide bonds. The van der Waals surface area contributed by atoms with Crippen LogP contribution >= 0.6 is 0 Å². The molecule has 0 spiro atoms. The van der Waals surface area contributed by atoms with Crippen molar-refractivity contribution in [3.63, 3.8) is 0 Å². The normalized spacial score (nSPS) is 10.8. The summed E-state index contributed by atoms with van der Waals surface area (Å²) in [5, 5.41) is 14.2. The summed E-state index contributed by atoms with van der Waals surface area (Å²) in [6.45, 7) is 7.87. The van der Waals surface area contributed by atoms with Crippen molar-refractivity contribution in [3.8, 4) is 6.07 Å². The molecule has 104 valence electrons. The van der Waals surface area contributed by atoms with Crippen LogP contribution in [0.25, 0.3) is 0 Å². The van der Waals surface area contributed by atoms with Gasteiger partial charge in [-0.3, -0.25) is 0 Å². The minimum atomic E-state index is -0.436. The van der Waals surface area contributed by atoms with Crippen molar-refractivity contribution in [2.24, 2.45) is 0 Å². The third kappa shape index (κ3) is 12.8. The van der Waals surface area contributed by atoms with Crippen LogP contribution in [0.1, 0.15) is 46.5 Å². The van der Waals surface area contributed by atoms with Crippen LogP contribution in [-0.2, 0) is 4.74 Å². The summed E-state index contributed by atoms with van der Waals surface area (Å²) in [5.74, 6) is 0. The fourth-order valence-corrected chi connectivity index (χ4v) is 1.33. The maximum atomic E-state index is 11.3. The highest BCUT2D eigenvalue weighted by Crippen LogP contribution is 2.06. The van der Waals surface area contributed by atoms with Gasteiger partial charge in [0.2, 0.25) is 0 Å². The summed E-state index contributed by atoms with van der Waals surface area (Å²) >= 11 is 0. The van der Waals surface area contributed by atoms with Crippen LogP contribution in [0, 0.1) is 11.3 Å². The summed E-state index contributed by atoms with van der Waals surface area (Å²) in [7, 11) is 0. The number of alkyl carbamates (subject to hydrolysis) is 1. The average Bonchev–Trinajstić information content (AvgIpc) is 2.24. The van der Waals surface area contributed by atoms with Gasteiger partial charge in [0.05, 0.1) is 6.07 Å². The number of nitrogens with zero attached hydrogens (tertiary/aromatic N) is 1. The zero-order chi connectivity index (χ0) is 13.9. The molecule has 5 nitrogen and oxygen atoms in total. The summed E-state index contributed by atoms with van der Waals surface area (Å²) in [6, 6.07) is 2.09. The molecule has 0 aliphatic carbocycles. The van der Waals surface area contributed by atoms with E-state index in [1.54, 1.807) is 0 Å². The third-order valence-corrected chi connectivity index (χ3v) is 2.11. The van der Waals surface area contributed by atoms with E-state index >= 15 is 0 Å². The van der Waals surface area contributed by atoms with Crippen LogP contribution in [0.15, 0.2) is 0 Å². The summed E-state index contributed by atoms with van der Waals surface area (Å²) < 4.78 is 5.12. The van der Waals surface area contributed by atoms with E-state index in [9.17, 15) is 4.79 Å². The SMILES string of the molecule is CC(C)(C)OC(=O)NCCCCCNCCC#N. The van der Waals surface area contributed by atoms with Crippen LogP contribution in [0.2, 0.25) is 0 Å². The number of nitriles is 1. The molecule has 0 saturated carbocycles. The predicted molar refractivity (Wildman–Crippen MR) is 71.2 cm³/mol. The second-order valence-corrected chi connectivity index (χ2v) is 5.15. The zero-order valence-electron chi connectivity index (χ0n) is 11.7. The number of nitrogens with one attached hydrogen (secondary N) is 2. The molecule has 0 radical (unpaired) electrons. The molecule has 0 rings (SSSR count). The molecule has 5 heteroatoms. The highest BCUT2D eigenvalue weighted by molar-refractivity contribution is 5.67. The standard InChI is InChI=1S/C13H25N3O2/c1-13(2,3)18-12(17)16-11-6-4-5-9-15-10-7-8-14/h15H,4-7,9-11H2,1-3H3,(H,16,17). The monoisotopic (exact) mass is 255 g/mol. The van der Waals surface area contributed by atoms with E-state index in [1.165, 1.54) is 0 Å². The number of ether oxygens (including phenoxy) is 1. The fraction of sp³-hybridized carbons (Fsp3) is 0.846. The predicted octanol–water partition coefficient (Wildman–Crippen LogP) is 2.18. The lowest BCUT2D eigenvalue weighted by atomic mass is 10.2. The minimum Gasteiger partial charge on any atom is -0.444 e. The van der Waals surface area contributed by atoms with Gasteiger partial charge in [-0.1, -0.05) is 6.42 Å². The van der Waals surface area contributed by atoms with Crippen molar-refractivity contribution >= 4 is 6.09 Å². The van der Waals surface area contributed by atoms with Gasteiger partial charge >= 0.3 is 6.09 Å². The van der Waals surface area contributed by atoms with Crippen molar-refractivity contribution in [1.29, 1.82) is 5.26 Å². The van der Waals surface area contributed by atoms with Crippen molar-refractivity contribution in [2.45, 2.75) is 52.1 Å². The summed E-state index contributed by atoms with van der Waals surface area (Å²) in [4.78, 5) is 11.3. The lowest BCUT2D eigenvalue weighted by Crippen LogP contribution is -2.33. The molecule has 0 heterocycles. The minimum absolute atomic E-state index is 0.352. The van der Waals surface area contributed by atoms with Crippen LogP contribution < -0.4 is 10.6 Å². The highest BCUT2D eigenvalue weighted by Gasteiger charge is 2.15. The second kappa shape index (κ2) is 9.72. The first-order chi connectivity index (χ1) is 8.45. The van der Waals surface area contributed by atoms with Gasteiger partial charge in [-0.2, -0.15) is 5.26 Å². The molecular formula is C13H25N3O2. The Morgan fingerprint density at radius 3 is 2.44 bits per heavy atom. The topological polar surface area (TPSA) is 74.2 Å². The zero-order valence-corrected chi connectivity index (χ0v) is 11.7. The molecule has 0 fully saturated rings. The lowest BCUT2D eigenvalue weighted by Gasteiger charge is -2.19. The summed E-state index contributed by atoms with van der Waals surface area (Å²) in [5.41, 5.74) is -0.436. The van der Waals surface area contributed by atoms with Gasteiger partial charge < -0.3 is 15.4 Å². The molecule has 0 aliphatic heterocycles. The molecule has 18 heavy (non-hydrogen) atoms. The smallest absolute Gasteiger partial charge is 0.407 e. The quantitative estimate of drug-likeness (QED) is 0.652. The van der Waals surface area contributed by atoms with E-state index in [0.717, 1.165) is 32.4 Å². The molecule has 0 saturated heterocycles. The third-order valence-electron chi connectivity index (χ3n) is 2.11. The molecule has 0 atom stereocenters. The number of rotatable bonds is 8. The maximum absolute atomic E-state index is 11.3. The number of hydrogen-bond acceptors (Lipinski definition) is 4. The van der Waals surface area contributed by atoms with Crippen LogP contribution in [0.5, 0.6) is 0 Å². The van der Waals surface area contributed by atoms with Gasteiger partial charge in [0.1, 0.15) is 5.60 Å². The summed E-state index contributed by atoms with van der Waals surface area (Å²) in [6.07, 6.45) is 3.26. The van der Waals surface area contributed by atoms with Crippen molar-refractivity contribution < 1.29 is 9.53 Å². The Labute approximate surface area is 110 Å². The van der Waals surface area contributed by atoms with Crippen LogP contribution in [0.3, 0.4) is 0 Å². The van der Waals surface area contributed by atoms with Crippen molar-refractivity contribution in [3.05, 3.63) is 0 Å². The van der Waals surface area contributed by atoms with E-state index in [-0.39, 0.29) is 6.09 Å². The van der Waals surface area contributed by atoms with Crippen LogP contribution in [0.4, 0.5) is 4.79 Å². The first-order valence-electron chi connectivity index (χ1n) is 6.50. The maximum Gasteiger partial charge on any atom is 0.407 e.